The predicted octanol–water partition coefficient (Wildman–Crippen LogP) is 3.10. The molecule has 2 unspecified atom stereocenters. The normalized spacial score (nSPS) is 20.0. The number of hydrogen-bond acceptors (Lipinski definition) is 3. The first-order valence-electron chi connectivity index (χ1n) is 9.47. The van der Waals surface area contributed by atoms with E-state index in [2.05, 4.69) is 9.88 Å². The van der Waals surface area contributed by atoms with E-state index in [0.29, 0.717) is 25.9 Å². The van der Waals surface area contributed by atoms with Crippen molar-refractivity contribution in [2.24, 2.45) is 0 Å². The number of carboxylic acid groups (broad SMARTS) is 1. The molecule has 2 aromatic carbocycles. The molecule has 2 N–H and O–H groups in total. The summed E-state index contributed by atoms with van der Waals surface area (Å²) in [7, 11) is 1.94. The molecule has 2 atom stereocenters. The third kappa shape index (κ3) is 3.41. The van der Waals surface area contributed by atoms with Crippen molar-refractivity contribution >= 4 is 17.1 Å². The van der Waals surface area contributed by atoms with Gasteiger partial charge in [-0.25, -0.2) is 9.59 Å². The van der Waals surface area contributed by atoms with Gasteiger partial charge in [-0.05, 0) is 31.2 Å². The molecule has 0 saturated carbocycles. The van der Waals surface area contributed by atoms with Crippen molar-refractivity contribution < 1.29 is 9.90 Å². The van der Waals surface area contributed by atoms with Crippen LogP contribution in [0.1, 0.15) is 24.4 Å². The number of nitrogens with one attached hydrogen (secondary N) is 1. The number of piperidine rings is 1. The average molecular weight is 380 g/mol. The molecule has 1 saturated heterocycles. The van der Waals surface area contributed by atoms with Gasteiger partial charge in [0.15, 0.2) is 0 Å². The summed E-state index contributed by atoms with van der Waals surface area (Å²) in [5.41, 5.74) is 2.66. The number of fused-ring (bicyclic) bond motifs is 1. The number of aromatic nitrogens is 2. The SMILES string of the molecule is CN(Cc1ccccc1)C1CC(n2c(=O)[nH]c3ccccc32)CCN1C(=O)O. The first-order valence-corrected chi connectivity index (χ1v) is 9.47. The number of nitrogens with zero attached hydrogens (tertiary/aromatic N) is 3. The van der Waals surface area contributed by atoms with E-state index < -0.39 is 6.09 Å². The van der Waals surface area contributed by atoms with Gasteiger partial charge in [0.25, 0.3) is 0 Å². The number of amides is 1. The lowest BCUT2D eigenvalue weighted by Gasteiger charge is -2.42. The number of carbonyl (C=O) groups is 1. The highest BCUT2D eigenvalue weighted by Gasteiger charge is 2.35. The minimum atomic E-state index is -0.922. The molecule has 7 heteroatoms. The molecule has 3 aromatic rings. The van der Waals surface area contributed by atoms with Crippen LogP contribution in [0.15, 0.2) is 59.4 Å². The smallest absolute Gasteiger partial charge is 0.408 e. The fourth-order valence-electron chi connectivity index (χ4n) is 4.21. The summed E-state index contributed by atoms with van der Waals surface area (Å²) < 4.78 is 1.79. The Morgan fingerprint density at radius 2 is 1.89 bits per heavy atom. The second-order valence-corrected chi connectivity index (χ2v) is 7.35. The Morgan fingerprint density at radius 3 is 2.64 bits per heavy atom. The molecule has 1 fully saturated rings. The van der Waals surface area contributed by atoms with Crippen LogP contribution < -0.4 is 5.69 Å². The van der Waals surface area contributed by atoms with E-state index in [1.807, 2.05) is 61.6 Å². The maximum absolute atomic E-state index is 12.6. The van der Waals surface area contributed by atoms with Crippen molar-refractivity contribution in [1.29, 1.82) is 0 Å². The van der Waals surface area contributed by atoms with Crippen LogP contribution in [0.5, 0.6) is 0 Å². The average Bonchev–Trinajstić information content (AvgIpc) is 3.04. The molecule has 1 aliphatic rings. The molecule has 1 aliphatic heterocycles. The van der Waals surface area contributed by atoms with Crippen molar-refractivity contribution in [3.8, 4) is 0 Å². The van der Waals surface area contributed by atoms with Crippen molar-refractivity contribution in [3.05, 3.63) is 70.6 Å². The number of benzene rings is 2. The summed E-state index contributed by atoms with van der Waals surface area (Å²) in [4.78, 5) is 30.8. The van der Waals surface area contributed by atoms with Crippen LogP contribution in [-0.4, -0.2) is 50.3 Å². The van der Waals surface area contributed by atoms with Gasteiger partial charge in [0.05, 0.1) is 17.2 Å². The van der Waals surface area contributed by atoms with Crippen LogP contribution in [0, 0.1) is 0 Å². The van der Waals surface area contributed by atoms with Crippen molar-refractivity contribution in [1.82, 2.24) is 19.4 Å². The van der Waals surface area contributed by atoms with Gasteiger partial charge in [-0.15, -0.1) is 0 Å². The maximum Gasteiger partial charge on any atom is 0.408 e. The number of aromatic amines is 1. The molecule has 0 aliphatic carbocycles. The summed E-state index contributed by atoms with van der Waals surface area (Å²) in [6.07, 6.45) is -0.0344. The van der Waals surface area contributed by atoms with Gasteiger partial charge >= 0.3 is 11.8 Å². The second-order valence-electron chi connectivity index (χ2n) is 7.35. The molecule has 2 heterocycles. The zero-order chi connectivity index (χ0) is 19.7. The van der Waals surface area contributed by atoms with E-state index in [1.54, 1.807) is 4.57 Å². The summed E-state index contributed by atoms with van der Waals surface area (Å²) in [5, 5.41) is 9.69. The van der Waals surface area contributed by atoms with Gasteiger partial charge in [0, 0.05) is 25.6 Å². The molecule has 1 amide bonds. The van der Waals surface area contributed by atoms with E-state index in [1.165, 1.54) is 4.90 Å². The zero-order valence-corrected chi connectivity index (χ0v) is 15.8. The Morgan fingerprint density at radius 1 is 1.18 bits per heavy atom. The number of hydrogen-bond donors (Lipinski definition) is 2. The van der Waals surface area contributed by atoms with E-state index in [-0.39, 0.29) is 17.9 Å². The third-order valence-corrected chi connectivity index (χ3v) is 5.56. The molecular weight excluding hydrogens is 356 g/mol. The Kier molecular flexibility index (Phi) is 4.92. The van der Waals surface area contributed by atoms with E-state index in [4.69, 9.17) is 0 Å². The number of imidazole rings is 1. The van der Waals surface area contributed by atoms with Crippen LogP contribution >= 0.6 is 0 Å². The number of rotatable bonds is 4. The Balaban J connectivity index is 1.63. The standard InChI is InChI=1S/C21H24N4O3/c1-23(14-15-7-3-2-4-8-15)19-13-16(11-12-24(19)21(27)28)25-18-10-6-5-9-17(18)22-20(25)26/h2-10,16,19H,11-14H2,1H3,(H,22,26)(H,27,28). The fourth-order valence-corrected chi connectivity index (χ4v) is 4.21. The molecule has 28 heavy (non-hydrogen) atoms. The Hall–Kier alpha value is -3.06. The minimum absolute atomic E-state index is 0.0533. The van der Waals surface area contributed by atoms with Crippen molar-refractivity contribution in [2.75, 3.05) is 13.6 Å². The summed E-state index contributed by atoms with van der Waals surface area (Å²) >= 11 is 0. The number of para-hydroxylation sites is 2. The monoisotopic (exact) mass is 380 g/mol. The topological polar surface area (TPSA) is 81.6 Å². The van der Waals surface area contributed by atoms with Gasteiger partial charge in [-0.1, -0.05) is 42.5 Å². The summed E-state index contributed by atoms with van der Waals surface area (Å²) in [6.45, 7) is 1.04. The molecule has 146 valence electrons. The van der Waals surface area contributed by atoms with Gasteiger partial charge in [0.2, 0.25) is 0 Å². The van der Waals surface area contributed by atoms with Crippen LogP contribution in [0.3, 0.4) is 0 Å². The number of likely N-dealkylation sites (tertiary alicyclic amines) is 1. The molecule has 7 nitrogen and oxygen atoms in total. The maximum atomic E-state index is 12.6. The van der Waals surface area contributed by atoms with Crippen LogP contribution in [-0.2, 0) is 6.54 Å². The molecule has 1 aromatic heterocycles. The van der Waals surface area contributed by atoms with Crippen molar-refractivity contribution in [2.45, 2.75) is 31.6 Å². The van der Waals surface area contributed by atoms with Gasteiger partial charge in [0.1, 0.15) is 0 Å². The molecule has 0 bridgehead atoms. The third-order valence-electron chi connectivity index (χ3n) is 5.56. The van der Waals surface area contributed by atoms with Gasteiger partial charge < -0.3 is 10.1 Å². The van der Waals surface area contributed by atoms with Gasteiger partial charge in [-0.3, -0.25) is 14.4 Å². The first kappa shape index (κ1) is 18.3. The number of H-pyrrole nitrogens is 1. The molecule has 4 rings (SSSR count). The highest BCUT2D eigenvalue weighted by molar-refractivity contribution is 5.75. The predicted molar refractivity (Wildman–Crippen MR) is 107 cm³/mol. The summed E-state index contributed by atoms with van der Waals surface area (Å²) in [5.74, 6) is 0. The van der Waals surface area contributed by atoms with Crippen LogP contribution in [0.2, 0.25) is 0 Å². The minimum Gasteiger partial charge on any atom is -0.465 e. The second kappa shape index (κ2) is 7.52. The van der Waals surface area contributed by atoms with Crippen LogP contribution in [0.4, 0.5) is 4.79 Å². The highest BCUT2D eigenvalue weighted by Crippen LogP contribution is 2.30. The lowest BCUT2D eigenvalue weighted by atomic mass is 10.0. The van der Waals surface area contributed by atoms with Crippen molar-refractivity contribution in [3.63, 3.8) is 0 Å². The van der Waals surface area contributed by atoms with Crippen LogP contribution in [0.25, 0.3) is 11.0 Å². The van der Waals surface area contributed by atoms with E-state index in [9.17, 15) is 14.7 Å². The zero-order valence-electron chi connectivity index (χ0n) is 15.8. The fraction of sp³-hybridized carbons (Fsp3) is 0.333. The Labute approximate surface area is 162 Å². The Bertz CT molecular complexity index is 1030. The molecular formula is C21H24N4O3. The first-order chi connectivity index (χ1) is 13.5. The lowest BCUT2D eigenvalue weighted by molar-refractivity contribution is 0.0142. The van der Waals surface area contributed by atoms with E-state index in [0.717, 1.165) is 16.6 Å². The quantitative estimate of drug-likeness (QED) is 0.729. The highest BCUT2D eigenvalue weighted by atomic mass is 16.4. The molecule has 0 radical (unpaired) electrons. The molecule has 0 spiro atoms. The largest absolute Gasteiger partial charge is 0.465 e. The van der Waals surface area contributed by atoms with E-state index >= 15 is 0 Å². The van der Waals surface area contributed by atoms with Gasteiger partial charge in [-0.2, -0.15) is 0 Å². The summed E-state index contributed by atoms with van der Waals surface area (Å²) in [6, 6.07) is 17.6. The lowest BCUT2D eigenvalue weighted by Crippen LogP contribution is -2.53.